The van der Waals surface area contributed by atoms with E-state index >= 15 is 0 Å². The van der Waals surface area contributed by atoms with Gasteiger partial charge in [0, 0.05) is 12.2 Å². The second kappa shape index (κ2) is 2.80. The van der Waals surface area contributed by atoms with Gasteiger partial charge in [-0.2, -0.15) is 13.2 Å². The summed E-state index contributed by atoms with van der Waals surface area (Å²) >= 11 is 0. The van der Waals surface area contributed by atoms with Crippen molar-refractivity contribution in [3.8, 4) is 0 Å². The molecule has 0 radical (unpaired) electrons. The van der Waals surface area contributed by atoms with E-state index in [4.69, 9.17) is 0 Å². The van der Waals surface area contributed by atoms with Gasteiger partial charge < -0.3 is 4.57 Å². The largest absolute Gasteiger partial charge is 0.434 e. The number of hydrogen-bond acceptors (Lipinski definition) is 1. The maximum Gasteiger partial charge on any atom is 0.434 e. The van der Waals surface area contributed by atoms with E-state index in [-0.39, 0.29) is 6.04 Å². The predicted octanol–water partition coefficient (Wildman–Crippen LogP) is 2.48. The minimum Gasteiger partial charge on any atom is -0.334 e. The standard InChI is InChI=1S/C7H9F3N2/c1-5(2)12-3-6(11-4-12)7(8,9)10/h3-5H,1-2H3. The highest BCUT2D eigenvalue weighted by Crippen LogP contribution is 2.27. The molecule has 0 aliphatic carbocycles. The van der Waals surface area contributed by atoms with Gasteiger partial charge in [-0.3, -0.25) is 0 Å². The Morgan fingerprint density at radius 2 is 2.00 bits per heavy atom. The molecule has 1 aromatic heterocycles. The summed E-state index contributed by atoms with van der Waals surface area (Å²) in [5.74, 6) is 0. The fourth-order valence-corrected chi connectivity index (χ4v) is 0.766. The number of nitrogens with zero attached hydrogens (tertiary/aromatic N) is 2. The van der Waals surface area contributed by atoms with Crippen LogP contribution in [0.1, 0.15) is 25.6 Å². The van der Waals surface area contributed by atoms with Gasteiger partial charge in [0.25, 0.3) is 0 Å². The van der Waals surface area contributed by atoms with Crippen molar-refractivity contribution >= 4 is 0 Å². The van der Waals surface area contributed by atoms with Crippen LogP contribution in [0.2, 0.25) is 0 Å². The van der Waals surface area contributed by atoms with Gasteiger partial charge in [-0.15, -0.1) is 0 Å². The highest BCUT2D eigenvalue weighted by atomic mass is 19.4. The normalized spacial score (nSPS) is 12.5. The van der Waals surface area contributed by atoms with Gasteiger partial charge in [-0.05, 0) is 13.8 Å². The number of rotatable bonds is 1. The lowest BCUT2D eigenvalue weighted by Gasteiger charge is -2.04. The van der Waals surface area contributed by atoms with E-state index < -0.39 is 11.9 Å². The first-order valence-electron chi connectivity index (χ1n) is 3.52. The first-order chi connectivity index (χ1) is 5.41. The molecule has 1 rings (SSSR count). The highest BCUT2D eigenvalue weighted by Gasteiger charge is 2.33. The van der Waals surface area contributed by atoms with Crippen molar-refractivity contribution in [1.82, 2.24) is 9.55 Å². The first kappa shape index (κ1) is 9.09. The number of aromatic nitrogens is 2. The van der Waals surface area contributed by atoms with Gasteiger partial charge >= 0.3 is 6.18 Å². The Balaban J connectivity index is 2.92. The molecule has 0 saturated heterocycles. The molecular formula is C7H9F3N2. The number of alkyl halides is 3. The van der Waals surface area contributed by atoms with Gasteiger partial charge in [0.05, 0.1) is 6.33 Å². The van der Waals surface area contributed by atoms with Crippen LogP contribution in [0.15, 0.2) is 12.5 Å². The lowest BCUT2D eigenvalue weighted by molar-refractivity contribution is -0.140. The van der Waals surface area contributed by atoms with E-state index in [0.717, 1.165) is 6.20 Å². The van der Waals surface area contributed by atoms with E-state index in [9.17, 15) is 13.2 Å². The van der Waals surface area contributed by atoms with Gasteiger partial charge in [0.15, 0.2) is 5.69 Å². The average Bonchev–Trinajstić information content (AvgIpc) is 2.30. The fraction of sp³-hybridized carbons (Fsp3) is 0.571. The Hall–Kier alpha value is -1.00. The molecule has 1 aromatic rings. The number of imidazole rings is 1. The molecule has 0 spiro atoms. The molecule has 0 aromatic carbocycles. The molecule has 0 amide bonds. The van der Waals surface area contributed by atoms with E-state index in [1.165, 1.54) is 10.9 Å². The summed E-state index contributed by atoms with van der Waals surface area (Å²) in [4.78, 5) is 3.25. The minimum atomic E-state index is -4.33. The van der Waals surface area contributed by atoms with E-state index in [2.05, 4.69) is 4.98 Å². The zero-order valence-corrected chi connectivity index (χ0v) is 6.76. The van der Waals surface area contributed by atoms with Gasteiger partial charge in [0.2, 0.25) is 0 Å². The average molecular weight is 178 g/mol. The summed E-state index contributed by atoms with van der Waals surface area (Å²) in [6.45, 7) is 3.59. The fourth-order valence-electron chi connectivity index (χ4n) is 0.766. The Morgan fingerprint density at radius 1 is 1.42 bits per heavy atom. The van der Waals surface area contributed by atoms with E-state index in [1.807, 2.05) is 0 Å². The number of halogens is 3. The molecule has 0 saturated carbocycles. The molecular weight excluding hydrogens is 169 g/mol. The molecule has 0 fully saturated rings. The van der Waals surface area contributed by atoms with Gasteiger partial charge in [0.1, 0.15) is 0 Å². The second-order valence-electron chi connectivity index (χ2n) is 2.80. The lowest BCUT2D eigenvalue weighted by Crippen LogP contribution is -2.05. The van der Waals surface area contributed by atoms with Crippen molar-refractivity contribution in [1.29, 1.82) is 0 Å². The third kappa shape index (κ3) is 1.78. The van der Waals surface area contributed by atoms with Crippen LogP contribution in [-0.2, 0) is 6.18 Å². The van der Waals surface area contributed by atoms with Crippen LogP contribution in [0.4, 0.5) is 13.2 Å². The summed E-state index contributed by atoms with van der Waals surface area (Å²) in [6.07, 6.45) is -2.14. The summed E-state index contributed by atoms with van der Waals surface area (Å²) in [6, 6.07) is 0.00796. The highest BCUT2D eigenvalue weighted by molar-refractivity contribution is 5.01. The Labute approximate surface area is 68.0 Å². The van der Waals surface area contributed by atoms with Crippen molar-refractivity contribution in [3.63, 3.8) is 0 Å². The van der Waals surface area contributed by atoms with Crippen molar-refractivity contribution in [2.45, 2.75) is 26.1 Å². The van der Waals surface area contributed by atoms with Crippen molar-refractivity contribution in [2.24, 2.45) is 0 Å². The van der Waals surface area contributed by atoms with Crippen LogP contribution < -0.4 is 0 Å². The summed E-state index contributed by atoms with van der Waals surface area (Å²) in [7, 11) is 0. The van der Waals surface area contributed by atoms with E-state index in [0.29, 0.717) is 0 Å². The molecule has 0 unspecified atom stereocenters. The van der Waals surface area contributed by atoms with Crippen LogP contribution in [0.3, 0.4) is 0 Å². The smallest absolute Gasteiger partial charge is 0.334 e. The van der Waals surface area contributed by atoms with Crippen LogP contribution in [0, 0.1) is 0 Å². The molecule has 0 aliphatic rings. The minimum absolute atomic E-state index is 0.00796. The molecule has 12 heavy (non-hydrogen) atoms. The predicted molar refractivity (Wildman–Crippen MR) is 37.6 cm³/mol. The molecule has 68 valence electrons. The summed E-state index contributed by atoms with van der Waals surface area (Å²) in [5.41, 5.74) is -0.837. The Morgan fingerprint density at radius 3 is 2.25 bits per heavy atom. The molecule has 1 heterocycles. The Kier molecular flexibility index (Phi) is 2.12. The van der Waals surface area contributed by atoms with Crippen molar-refractivity contribution < 1.29 is 13.2 Å². The Bertz CT molecular complexity index is 262. The third-order valence-corrected chi connectivity index (χ3v) is 1.49. The zero-order valence-electron chi connectivity index (χ0n) is 6.76. The monoisotopic (exact) mass is 178 g/mol. The molecule has 0 N–H and O–H groups in total. The molecule has 0 bridgehead atoms. The van der Waals surface area contributed by atoms with Gasteiger partial charge in [-0.25, -0.2) is 4.98 Å². The lowest BCUT2D eigenvalue weighted by atomic mass is 10.4. The molecule has 0 atom stereocenters. The number of hydrogen-bond donors (Lipinski definition) is 0. The van der Waals surface area contributed by atoms with Gasteiger partial charge in [-0.1, -0.05) is 0 Å². The topological polar surface area (TPSA) is 17.8 Å². The zero-order chi connectivity index (χ0) is 9.35. The second-order valence-corrected chi connectivity index (χ2v) is 2.80. The summed E-state index contributed by atoms with van der Waals surface area (Å²) < 4.78 is 37.4. The third-order valence-electron chi connectivity index (χ3n) is 1.49. The molecule has 5 heteroatoms. The summed E-state index contributed by atoms with van der Waals surface area (Å²) in [5, 5.41) is 0. The van der Waals surface area contributed by atoms with Crippen molar-refractivity contribution in [3.05, 3.63) is 18.2 Å². The van der Waals surface area contributed by atoms with Crippen LogP contribution in [0.25, 0.3) is 0 Å². The van der Waals surface area contributed by atoms with E-state index in [1.54, 1.807) is 13.8 Å². The molecule has 0 aliphatic heterocycles. The van der Waals surface area contributed by atoms with Crippen LogP contribution in [-0.4, -0.2) is 9.55 Å². The SMILES string of the molecule is CC(C)n1cnc(C(F)(F)F)c1. The van der Waals surface area contributed by atoms with Crippen molar-refractivity contribution in [2.75, 3.05) is 0 Å². The van der Waals surface area contributed by atoms with Crippen LogP contribution >= 0.6 is 0 Å². The maximum atomic E-state index is 12.0. The first-order valence-corrected chi connectivity index (χ1v) is 3.52. The quantitative estimate of drug-likeness (QED) is 0.646. The van der Waals surface area contributed by atoms with Crippen LogP contribution in [0.5, 0.6) is 0 Å². The maximum absolute atomic E-state index is 12.0. The molecule has 2 nitrogen and oxygen atoms in total.